The number of amides is 2. The quantitative estimate of drug-likeness (QED) is 0.306. The van der Waals surface area contributed by atoms with Crippen LogP contribution < -0.4 is 10.0 Å². The summed E-state index contributed by atoms with van der Waals surface area (Å²) in [7, 11) is -2.37. The zero-order valence-electron chi connectivity index (χ0n) is 24.3. The Morgan fingerprint density at radius 1 is 1.02 bits per heavy atom. The van der Waals surface area contributed by atoms with Gasteiger partial charge in [-0.2, -0.15) is 0 Å². The van der Waals surface area contributed by atoms with Gasteiger partial charge in [0.25, 0.3) is 10.0 Å². The van der Waals surface area contributed by atoms with Gasteiger partial charge in [0.05, 0.1) is 4.90 Å². The van der Waals surface area contributed by atoms with Crippen molar-refractivity contribution in [2.45, 2.75) is 71.9 Å². The largest absolute Gasteiger partial charge is 0.359 e. The molecule has 2 atom stereocenters. The van der Waals surface area contributed by atoms with Crippen LogP contribution in [0, 0.1) is 25.7 Å². The molecule has 0 spiro atoms. The fourth-order valence-corrected chi connectivity index (χ4v) is 5.80. The number of carbonyl (C=O) groups excluding carboxylic acids is 2. The van der Waals surface area contributed by atoms with Gasteiger partial charge in [0.1, 0.15) is 11.8 Å². The second kappa shape index (κ2) is 13.1. The third kappa shape index (κ3) is 7.10. The molecule has 1 aromatic heterocycles. The molecule has 0 aliphatic carbocycles. The van der Waals surface area contributed by atoms with Crippen LogP contribution in [0.4, 0.5) is 5.82 Å². The lowest BCUT2D eigenvalue weighted by Crippen LogP contribution is -2.51. The molecule has 0 fully saturated rings. The zero-order valence-corrected chi connectivity index (χ0v) is 25.1. The lowest BCUT2D eigenvalue weighted by molar-refractivity contribution is -0.143. The molecule has 2 aromatic carbocycles. The van der Waals surface area contributed by atoms with Crippen molar-refractivity contribution in [2.75, 3.05) is 11.8 Å². The Labute approximate surface area is 237 Å². The Morgan fingerprint density at radius 3 is 2.23 bits per heavy atom. The number of hydrogen-bond acceptors (Lipinski definition) is 6. The summed E-state index contributed by atoms with van der Waals surface area (Å²) in [4.78, 5) is 28.0. The van der Waals surface area contributed by atoms with Gasteiger partial charge >= 0.3 is 0 Å². The molecule has 2 amide bonds. The highest BCUT2D eigenvalue weighted by molar-refractivity contribution is 7.92. The Kier molecular flexibility index (Phi) is 10.1. The van der Waals surface area contributed by atoms with Gasteiger partial charge in [-0.3, -0.25) is 14.3 Å². The summed E-state index contributed by atoms with van der Waals surface area (Å²) in [5, 5.41) is 6.55. The van der Waals surface area contributed by atoms with Crippen LogP contribution in [0.3, 0.4) is 0 Å². The van der Waals surface area contributed by atoms with Crippen LogP contribution in [0.15, 0.2) is 57.9 Å². The van der Waals surface area contributed by atoms with Gasteiger partial charge in [0, 0.05) is 31.1 Å². The number of carbonyl (C=O) groups is 2. The molecule has 3 rings (SSSR count). The molecule has 216 valence electrons. The summed E-state index contributed by atoms with van der Waals surface area (Å²) < 4.78 is 34.3. The molecule has 0 aliphatic rings. The van der Waals surface area contributed by atoms with Crippen molar-refractivity contribution in [2.24, 2.45) is 11.8 Å². The molecule has 2 N–H and O–H groups in total. The molecule has 0 radical (unpaired) electrons. The van der Waals surface area contributed by atoms with E-state index in [1.165, 1.54) is 0 Å². The van der Waals surface area contributed by atoms with Crippen LogP contribution in [-0.4, -0.2) is 43.4 Å². The van der Waals surface area contributed by atoms with E-state index in [9.17, 15) is 18.0 Å². The van der Waals surface area contributed by atoms with Crippen LogP contribution in [0.2, 0.25) is 0 Å². The van der Waals surface area contributed by atoms with E-state index in [4.69, 9.17) is 4.52 Å². The SMILES string of the molecule is CC[C@H](C)[C@@H](C(=O)NC)N(Cc1ccc(-c2ccccc2S(=O)(=O)Nc2noc(C)c2C)cc1)C(=O)CC(C)C. The van der Waals surface area contributed by atoms with Gasteiger partial charge in [-0.05, 0) is 42.9 Å². The lowest BCUT2D eigenvalue weighted by Gasteiger charge is -2.35. The molecule has 1 heterocycles. The van der Waals surface area contributed by atoms with Gasteiger partial charge < -0.3 is 14.7 Å². The predicted octanol–water partition coefficient (Wildman–Crippen LogP) is 5.29. The van der Waals surface area contributed by atoms with Gasteiger partial charge in [-0.1, -0.05) is 81.7 Å². The van der Waals surface area contributed by atoms with E-state index in [0.717, 1.165) is 12.0 Å². The number of anilines is 1. The van der Waals surface area contributed by atoms with Crippen LogP contribution >= 0.6 is 0 Å². The van der Waals surface area contributed by atoms with E-state index in [-0.39, 0.29) is 40.9 Å². The van der Waals surface area contributed by atoms with E-state index in [1.807, 2.05) is 52.0 Å². The molecule has 0 saturated carbocycles. The average Bonchev–Trinajstić information content (AvgIpc) is 3.23. The predicted molar refractivity (Wildman–Crippen MR) is 156 cm³/mol. The monoisotopic (exact) mass is 568 g/mol. The first-order valence-corrected chi connectivity index (χ1v) is 15.0. The van der Waals surface area contributed by atoms with Crippen LogP contribution in [-0.2, 0) is 26.2 Å². The smallest absolute Gasteiger partial charge is 0.263 e. The number of aromatic nitrogens is 1. The van der Waals surface area contributed by atoms with E-state index >= 15 is 0 Å². The summed E-state index contributed by atoms with van der Waals surface area (Å²) in [6.07, 6.45) is 1.08. The van der Waals surface area contributed by atoms with Crippen molar-refractivity contribution >= 4 is 27.7 Å². The fraction of sp³-hybridized carbons (Fsp3) is 0.433. The Balaban J connectivity index is 1.94. The standard InChI is InChI=1S/C30H40N4O5S/c1-8-20(4)28(30(36)31-7)34(27(35)17-19(2)3)18-23-13-15-24(16-14-23)25-11-9-10-12-26(25)40(37,38)33-29-21(5)22(6)39-32-29/h9-16,19-20,28H,8,17-18H2,1-7H3,(H,31,36)(H,32,33)/t20-,28-/m0/s1. The van der Waals surface area contributed by atoms with Gasteiger partial charge in [-0.25, -0.2) is 8.42 Å². The van der Waals surface area contributed by atoms with Crippen molar-refractivity contribution in [1.29, 1.82) is 0 Å². The zero-order chi connectivity index (χ0) is 29.6. The third-order valence-electron chi connectivity index (χ3n) is 7.12. The Bertz CT molecular complexity index is 1430. The number of hydrogen-bond donors (Lipinski definition) is 2. The van der Waals surface area contributed by atoms with Crippen LogP contribution in [0.25, 0.3) is 11.1 Å². The second-order valence-electron chi connectivity index (χ2n) is 10.6. The van der Waals surface area contributed by atoms with Crippen molar-refractivity contribution in [3.05, 3.63) is 65.4 Å². The van der Waals surface area contributed by atoms with E-state index in [2.05, 4.69) is 15.2 Å². The number of likely N-dealkylation sites (N-methyl/N-ethyl adjacent to an activating group) is 1. The summed E-state index contributed by atoms with van der Waals surface area (Å²) in [5.74, 6) is 0.546. The summed E-state index contributed by atoms with van der Waals surface area (Å²) in [6, 6.07) is 13.5. The van der Waals surface area contributed by atoms with Crippen molar-refractivity contribution in [1.82, 2.24) is 15.4 Å². The average molecular weight is 569 g/mol. The first-order valence-electron chi connectivity index (χ1n) is 13.5. The molecule has 9 nitrogen and oxygen atoms in total. The second-order valence-corrected chi connectivity index (χ2v) is 12.2. The molecule has 0 aliphatic heterocycles. The maximum absolute atomic E-state index is 13.3. The number of nitrogens with zero attached hydrogens (tertiary/aromatic N) is 2. The fourth-order valence-electron chi connectivity index (χ4n) is 4.51. The first-order chi connectivity index (χ1) is 18.9. The number of rotatable bonds is 12. The summed E-state index contributed by atoms with van der Waals surface area (Å²) in [6.45, 7) is 11.7. The van der Waals surface area contributed by atoms with Gasteiger partial charge in [-0.15, -0.1) is 0 Å². The normalized spacial score (nSPS) is 13.1. The molecular weight excluding hydrogens is 528 g/mol. The summed E-state index contributed by atoms with van der Waals surface area (Å²) >= 11 is 0. The molecule has 0 unspecified atom stereocenters. The Morgan fingerprint density at radius 2 is 1.68 bits per heavy atom. The van der Waals surface area contributed by atoms with Crippen molar-refractivity contribution in [3.63, 3.8) is 0 Å². The topological polar surface area (TPSA) is 122 Å². The highest BCUT2D eigenvalue weighted by Crippen LogP contribution is 2.30. The summed E-state index contributed by atoms with van der Waals surface area (Å²) in [5.41, 5.74) is 2.68. The third-order valence-corrected chi connectivity index (χ3v) is 8.52. The molecule has 10 heteroatoms. The highest BCUT2D eigenvalue weighted by atomic mass is 32.2. The maximum atomic E-state index is 13.3. The van der Waals surface area contributed by atoms with E-state index in [1.54, 1.807) is 50.1 Å². The molecule has 0 bridgehead atoms. The van der Waals surface area contributed by atoms with Gasteiger partial charge in [0.15, 0.2) is 5.82 Å². The maximum Gasteiger partial charge on any atom is 0.263 e. The minimum Gasteiger partial charge on any atom is -0.359 e. The number of aryl methyl sites for hydroxylation is 1. The first kappa shape index (κ1) is 30.9. The molecule has 0 saturated heterocycles. The van der Waals surface area contributed by atoms with E-state index in [0.29, 0.717) is 28.9 Å². The highest BCUT2D eigenvalue weighted by Gasteiger charge is 2.33. The van der Waals surface area contributed by atoms with Crippen molar-refractivity contribution < 1.29 is 22.5 Å². The van der Waals surface area contributed by atoms with Crippen molar-refractivity contribution in [3.8, 4) is 11.1 Å². The lowest BCUT2D eigenvalue weighted by atomic mass is 9.94. The van der Waals surface area contributed by atoms with Gasteiger partial charge in [0.2, 0.25) is 11.8 Å². The minimum atomic E-state index is -3.96. The number of sulfonamides is 1. The molecule has 40 heavy (non-hydrogen) atoms. The molecular formula is C30H40N4O5S. The molecule has 3 aromatic rings. The van der Waals surface area contributed by atoms with Crippen LogP contribution in [0.1, 0.15) is 57.4 Å². The minimum absolute atomic E-state index is 0.0305. The number of nitrogens with one attached hydrogen (secondary N) is 2. The van der Waals surface area contributed by atoms with E-state index < -0.39 is 16.1 Å². The number of benzene rings is 2. The van der Waals surface area contributed by atoms with Crippen LogP contribution in [0.5, 0.6) is 0 Å². The Hall–Kier alpha value is -3.66.